The molecule has 3 rings (SSSR count). The van der Waals surface area contributed by atoms with Gasteiger partial charge in [0.15, 0.2) is 0 Å². The lowest BCUT2D eigenvalue weighted by Gasteiger charge is -2.10. The fraction of sp³-hybridized carbons (Fsp3) is 0.250. The molecular formula is C20H23N3O3S. The molecule has 0 fully saturated rings. The van der Waals surface area contributed by atoms with Crippen molar-refractivity contribution >= 4 is 32.5 Å². The molecule has 0 unspecified atom stereocenters. The number of sulfonamides is 1. The molecule has 2 aromatic carbocycles. The number of hydrogen-bond acceptors (Lipinski definition) is 3. The van der Waals surface area contributed by atoms with Crippen molar-refractivity contribution in [3.05, 3.63) is 60.3 Å². The number of hydrogen-bond donors (Lipinski definition) is 3. The third-order valence-electron chi connectivity index (χ3n) is 4.14. The van der Waals surface area contributed by atoms with Gasteiger partial charge < -0.3 is 10.3 Å². The van der Waals surface area contributed by atoms with Crippen LogP contribution >= 0.6 is 0 Å². The summed E-state index contributed by atoms with van der Waals surface area (Å²) in [6, 6.07) is 14.0. The number of carbonyl (C=O) groups excluding carboxylic acids is 1. The molecule has 0 radical (unpaired) electrons. The standard InChI is InChI=1S/C20H23N3O3S/c1-14(2)23-27(25,26)17-10-8-16(9-11-17)22-20(24)12-7-15-13-21-19-6-4-3-5-18(15)19/h3-6,8-11,13-14,21,23H,7,12H2,1-2H3,(H,22,24). The van der Waals surface area contributed by atoms with E-state index in [0.29, 0.717) is 18.5 Å². The van der Waals surface area contributed by atoms with Crippen LogP contribution < -0.4 is 10.0 Å². The third kappa shape index (κ3) is 4.75. The number of amides is 1. The zero-order valence-electron chi connectivity index (χ0n) is 15.3. The molecule has 0 bridgehead atoms. The predicted octanol–water partition coefficient (Wildman–Crippen LogP) is 3.43. The first kappa shape index (κ1) is 19.1. The van der Waals surface area contributed by atoms with Gasteiger partial charge in [0.25, 0.3) is 0 Å². The van der Waals surface area contributed by atoms with Crippen molar-refractivity contribution in [2.45, 2.75) is 37.6 Å². The summed E-state index contributed by atoms with van der Waals surface area (Å²) in [6.45, 7) is 3.53. The van der Waals surface area contributed by atoms with Gasteiger partial charge in [-0.25, -0.2) is 13.1 Å². The molecule has 6 nitrogen and oxygen atoms in total. The second-order valence-electron chi connectivity index (χ2n) is 6.71. The van der Waals surface area contributed by atoms with Gasteiger partial charge in [0.2, 0.25) is 15.9 Å². The minimum Gasteiger partial charge on any atom is -0.361 e. The molecule has 0 aliphatic heterocycles. The molecule has 142 valence electrons. The molecule has 1 amide bonds. The summed E-state index contributed by atoms with van der Waals surface area (Å²) in [4.78, 5) is 15.6. The van der Waals surface area contributed by atoms with Crippen LogP contribution in [0.25, 0.3) is 10.9 Å². The lowest BCUT2D eigenvalue weighted by Crippen LogP contribution is -2.30. The van der Waals surface area contributed by atoms with Crippen LogP contribution in [0.2, 0.25) is 0 Å². The summed E-state index contributed by atoms with van der Waals surface area (Å²) >= 11 is 0. The van der Waals surface area contributed by atoms with Crippen LogP contribution in [0.4, 0.5) is 5.69 Å². The van der Waals surface area contributed by atoms with E-state index in [2.05, 4.69) is 15.0 Å². The number of carbonyl (C=O) groups is 1. The number of aromatic nitrogens is 1. The topological polar surface area (TPSA) is 91.1 Å². The normalized spacial score (nSPS) is 11.8. The predicted molar refractivity (Wildman–Crippen MR) is 107 cm³/mol. The Balaban J connectivity index is 1.59. The molecule has 0 spiro atoms. The Morgan fingerprint density at radius 2 is 1.78 bits per heavy atom. The van der Waals surface area contributed by atoms with Crippen molar-refractivity contribution in [3.63, 3.8) is 0 Å². The Labute approximate surface area is 159 Å². The fourth-order valence-electron chi connectivity index (χ4n) is 2.91. The Hall–Kier alpha value is -2.64. The second-order valence-corrected chi connectivity index (χ2v) is 8.42. The molecule has 1 heterocycles. The SMILES string of the molecule is CC(C)NS(=O)(=O)c1ccc(NC(=O)CCc2c[nH]c3ccccc23)cc1. The maximum atomic E-state index is 12.2. The first-order valence-corrected chi connectivity index (χ1v) is 10.3. The van der Waals surface area contributed by atoms with Crippen LogP contribution in [0.1, 0.15) is 25.8 Å². The van der Waals surface area contributed by atoms with Gasteiger partial charge in [-0.3, -0.25) is 4.79 Å². The fourth-order valence-corrected chi connectivity index (χ4v) is 4.16. The summed E-state index contributed by atoms with van der Waals surface area (Å²) < 4.78 is 26.8. The minimum atomic E-state index is -3.53. The maximum absolute atomic E-state index is 12.2. The molecular weight excluding hydrogens is 362 g/mol. The average Bonchev–Trinajstić information content (AvgIpc) is 3.02. The summed E-state index contributed by atoms with van der Waals surface area (Å²) in [5.74, 6) is -0.115. The van der Waals surface area contributed by atoms with Gasteiger partial charge in [0.1, 0.15) is 0 Å². The lowest BCUT2D eigenvalue weighted by molar-refractivity contribution is -0.116. The summed E-state index contributed by atoms with van der Waals surface area (Å²) in [5.41, 5.74) is 2.73. The minimum absolute atomic E-state index is 0.115. The van der Waals surface area contributed by atoms with E-state index in [1.807, 2.05) is 30.5 Å². The van der Waals surface area contributed by atoms with Crippen LogP contribution in [0, 0.1) is 0 Å². The monoisotopic (exact) mass is 385 g/mol. The molecule has 7 heteroatoms. The Kier molecular flexibility index (Phi) is 5.62. The molecule has 0 saturated carbocycles. The van der Waals surface area contributed by atoms with E-state index in [4.69, 9.17) is 0 Å². The Morgan fingerprint density at radius 3 is 2.48 bits per heavy atom. The quantitative estimate of drug-likeness (QED) is 0.582. The summed E-state index contributed by atoms with van der Waals surface area (Å²) in [5, 5.41) is 3.93. The van der Waals surface area contributed by atoms with Crippen LogP contribution in [-0.4, -0.2) is 25.4 Å². The molecule has 0 aliphatic carbocycles. The first-order valence-electron chi connectivity index (χ1n) is 8.82. The van der Waals surface area contributed by atoms with E-state index in [-0.39, 0.29) is 16.8 Å². The van der Waals surface area contributed by atoms with Crippen molar-refractivity contribution < 1.29 is 13.2 Å². The van der Waals surface area contributed by atoms with E-state index in [1.165, 1.54) is 12.1 Å². The van der Waals surface area contributed by atoms with E-state index in [1.54, 1.807) is 26.0 Å². The number of aromatic amines is 1. The van der Waals surface area contributed by atoms with Gasteiger partial charge in [-0.15, -0.1) is 0 Å². The highest BCUT2D eigenvalue weighted by Gasteiger charge is 2.15. The largest absolute Gasteiger partial charge is 0.361 e. The van der Waals surface area contributed by atoms with Gasteiger partial charge in [0.05, 0.1) is 4.90 Å². The molecule has 27 heavy (non-hydrogen) atoms. The number of anilines is 1. The van der Waals surface area contributed by atoms with Gasteiger partial charge in [0, 0.05) is 35.2 Å². The van der Waals surface area contributed by atoms with E-state index >= 15 is 0 Å². The number of nitrogens with one attached hydrogen (secondary N) is 3. The van der Waals surface area contributed by atoms with Gasteiger partial charge in [-0.2, -0.15) is 0 Å². The second kappa shape index (κ2) is 7.94. The first-order chi connectivity index (χ1) is 12.8. The van der Waals surface area contributed by atoms with E-state index in [0.717, 1.165) is 16.5 Å². The van der Waals surface area contributed by atoms with Gasteiger partial charge in [-0.05, 0) is 56.2 Å². The molecule has 0 saturated heterocycles. The number of para-hydroxylation sites is 1. The average molecular weight is 385 g/mol. The van der Waals surface area contributed by atoms with Crippen molar-refractivity contribution in [1.82, 2.24) is 9.71 Å². The number of benzene rings is 2. The zero-order chi connectivity index (χ0) is 19.4. The van der Waals surface area contributed by atoms with Gasteiger partial charge >= 0.3 is 0 Å². The zero-order valence-corrected chi connectivity index (χ0v) is 16.1. The van der Waals surface area contributed by atoms with Crippen LogP contribution in [0.5, 0.6) is 0 Å². The molecule has 0 atom stereocenters. The van der Waals surface area contributed by atoms with E-state index < -0.39 is 10.0 Å². The van der Waals surface area contributed by atoms with Crippen molar-refractivity contribution in [1.29, 1.82) is 0 Å². The summed E-state index contributed by atoms with van der Waals surface area (Å²) in [7, 11) is -3.53. The van der Waals surface area contributed by atoms with E-state index in [9.17, 15) is 13.2 Å². The van der Waals surface area contributed by atoms with Crippen molar-refractivity contribution in [3.8, 4) is 0 Å². The molecule has 0 aliphatic rings. The van der Waals surface area contributed by atoms with Crippen LogP contribution in [0.15, 0.2) is 59.6 Å². The molecule has 1 aromatic heterocycles. The molecule has 3 aromatic rings. The summed E-state index contributed by atoms with van der Waals surface area (Å²) in [6.07, 6.45) is 2.90. The van der Waals surface area contributed by atoms with Crippen LogP contribution in [-0.2, 0) is 21.2 Å². The Bertz CT molecular complexity index is 1040. The highest BCUT2D eigenvalue weighted by molar-refractivity contribution is 7.89. The number of aryl methyl sites for hydroxylation is 1. The van der Waals surface area contributed by atoms with Gasteiger partial charge in [-0.1, -0.05) is 18.2 Å². The van der Waals surface area contributed by atoms with Crippen molar-refractivity contribution in [2.24, 2.45) is 0 Å². The highest BCUT2D eigenvalue weighted by Crippen LogP contribution is 2.19. The van der Waals surface area contributed by atoms with Crippen molar-refractivity contribution in [2.75, 3.05) is 5.32 Å². The maximum Gasteiger partial charge on any atom is 0.240 e. The number of fused-ring (bicyclic) bond motifs is 1. The Morgan fingerprint density at radius 1 is 1.07 bits per heavy atom. The van der Waals surface area contributed by atoms with Crippen LogP contribution in [0.3, 0.4) is 0 Å². The molecule has 3 N–H and O–H groups in total. The number of rotatable bonds is 7. The lowest BCUT2D eigenvalue weighted by atomic mass is 10.1. The third-order valence-corrected chi connectivity index (χ3v) is 5.81. The number of H-pyrrole nitrogens is 1. The smallest absolute Gasteiger partial charge is 0.240 e. The highest BCUT2D eigenvalue weighted by atomic mass is 32.2.